The molecule has 2 rings (SSSR count). The molecule has 0 spiro atoms. The highest BCUT2D eigenvalue weighted by atomic mass is 19.2. The summed E-state index contributed by atoms with van der Waals surface area (Å²) in [6, 6.07) is 0. The lowest BCUT2D eigenvalue weighted by Gasteiger charge is -2.32. The Labute approximate surface area is 134 Å². The molecular formula is C18H22F4O. The van der Waals surface area contributed by atoms with Crippen molar-refractivity contribution in [2.75, 3.05) is 0 Å². The van der Waals surface area contributed by atoms with Crippen LogP contribution in [0.3, 0.4) is 0 Å². The molecule has 23 heavy (non-hydrogen) atoms. The van der Waals surface area contributed by atoms with Crippen LogP contribution in [0.5, 0.6) is 5.75 Å². The van der Waals surface area contributed by atoms with E-state index in [-0.39, 0.29) is 0 Å². The molecule has 0 bridgehead atoms. The van der Waals surface area contributed by atoms with Crippen LogP contribution in [-0.2, 0) is 0 Å². The third-order valence-corrected chi connectivity index (χ3v) is 4.27. The first-order valence-corrected chi connectivity index (χ1v) is 7.96. The van der Waals surface area contributed by atoms with Crippen molar-refractivity contribution in [2.24, 2.45) is 0 Å². The Bertz CT molecular complexity index is 581. The van der Waals surface area contributed by atoms with Crippen LogP contribution >= 0.6 is 0 Å². The quantitative estimate of drug-likeness (QED) is 0.374. The van der Waals surface area contributed by atoms with Gasteiger partial charge in [-0.1, -0.05) is 26.0 Å². The highest BCUT2D eigenvalue weighted by molar-refractivity contribution is 5.36. The number of hydrogen-bond donors (Lipinski definition) is 0. The minimum atomic E-state index is -1.45. The minimum absolute atomic E-state index is 0.525. The molecular weight excluding hydrogens is 308 g/mol. The van der Waals surface area contributed by atoms with E-state index in [1.54, 1.807) is 6.92 Å². The summed E-state index contributed by atoms with van der Waals surface area (Å²) in [4.78, 5) is 0. The topological polar surface area (TPSA) is 9.23 Å². The van der Waals surface area contributed by atoms with Crippen LogP contribution in [0, 0.1) is 23.3 Å². The average molecular weight is 330 g/mol. The van der Waals surface area contributed by atoms with E-state index in [4.69, 9.17) is 4.74 Å². The van der Waals surface area contributed by atoms with Crippen molar-refractivity contribution in [3.63, 3.8) is 0 Å². The van der Waals surface area contributed by atoms with Crippen LogP contribution < -0.4 is 4.74 Å². The molecule has 0 saturated heterocycles. The fourth-order valence-electron chi connectivity index (χ4n) is 2.92. The Kier molecular flexibility index (Phi) is 5.37. The molecule has 1 aliphatic rings. The maximum absolute atomic E-state index is 14.2. The highest BCUT2D eigenvalue weighted by Gasteiger charge is 2.33. The van der Waals surface area contributed by atoms with E-state index >= 15 is 0 Å². The number of benzene rings is 1. The van der Waals surface area contributed by atoms with Gasteiger partial charge < -0.3 is 4.74 Å². The average Bonchev–Trinajstić information content (AvgIpc) is 2.46. The van der Waals surface area contributed by atoms with Crippen LogP contribution in [0.1, 0.15) is 64.4 Å². The third kappa shape index (κ3) is 3.70. The van der Waals surface area contributed by atoms with Crippen molar-refractivity contribution in [2.45, 2.75) is 64.4 Å². The Balaban J connectivity index is 2.42. The van der Waals surface area contributed by atoms with E-state index in [9.17, 15) is 17.6 Å². The second kappa shape index (κ2) is 6.93. The summed E-state index contributed by atoms with van der Waals surface area (Å²) in [5.41, 5.74) is -1.44. The highest BCUT2D eigenvalue weighted by Crippen LogP contribution is 2.37. The second-order valence-corrected chi connectivity index (χ2v) is 6.61. The first kappa shape index (κ1) is 17.8. The van der Waals surface area contributed by atoms with Crippen LogP contribution in [-0.4, -0.2) is 5.60 Å². The smallest absolute Gasteiger partial charge is 0.204 e. The lowest BCUT2D eigenvalue weighted by molar-refractivity contribution is 0.0562. The van der Waals surface area contributed by atoms with Gasteiger partial charge in [0.15, 0.2) is 17.4 Å². The predicted molar refractivity (Wildman–Crippen MR) is 81.6 cm³/mol. The van der Waals surface area contributed by atoms with Crippen LogP contribution in [0.4, 0.5) is 17.6 Å². The van der Waals surface area contributed by atoms with E-state index < -0.39 is 46.1 Å². The molecule has 1 aliphatic carbocycles. The van der Waals surface area contributed by atoms with Gasteiger partial charge in [-0.3, -0.25) is 0 Å². The van der Waals surface area contributed by atoms with Crippen molar-refractivity contribution < 1.29 is 22.3 Å². The molecule has 0 fully saturated rings. The van der Waals surface area contributed by atoms with E-state index in [0.717, 1.165) is 12.8 Å². The molecule has 0 aliphatic heterocycles. The number of allylic oxidation sites excluding steroid dienone is 2. The first-order valence-electron chi connectivity index (χ1n) is 7.96. The van der Waals surface area contributed by atoms with E-state index in [1.165, 1.54) is 13.8 Å². The summed E-state index contributed by atoms with van der Waals surface area (Å²) in [6.45, 7) is 4.67. The fourth-order valence-corrected chi connectivity index (χ4v) is 2.92. The molecule has 0 heterocycles. The zero-order valence-corrected chi connectivity index (χ0v) is 13.7. The zero-order valence-electron chi connectivity index (χ0n) is 13.7. The maximum Gasteiger partial charge on any atom is 0.204 e. The van der Waals surface area contributed by atoms with E-state index in [1.807, 2.05) is 6.08 Å². The van der Waals surface area contributed by atoms with Crippen molar-refractivity contribution >= 4 is 0 Å². The van der Waals surface area contributed by atoms with Crippen LogP contribution in [0.2, 0.25) is 0 Å². The molecule has 1 nitrogen and oxygen atoms in total. The molecule has 5 heteroatoms. The molecule has 1 unspecified atom stereocenters. The van der Waals surface area contributed by atoms with Gasteiger partial charge in [0.25, 0.3) is 0 Å². The molecule has 0 aromatic heterocycles. The van der Waals surface area contributed by atoms with Crippen LogP contribution in [0.15, 0.2) is 12.2 Å². The predicted octanol–water partition coefficient (Wildman–Crippen LogP) is 6.02. The normalized spacial score (nSPS) is 23.5. The standard InChI is InChI=1S/C18H22F4O/c1-11(2)12-13(19)15(21)17(16(22)14(12)20)23-18(3)9-7-5-4-6-8-10-18/h4-5,11H,6-10H2,1-3H3/b5-4-. The van der Waals surface area contributed by atoms with Crippen molar-refractivity contribution in [1.82, 2.24) is 0 Å². The third-order valence-electron chi connectivity index (χ3n) is 4.27. The molecule has 1 aromatic carbocycles. The number of halogens is 4. The van der Waals surface area contributed by atoms with Crippen molar-refractivity contribution in [3.8, 4) is 5.75 Å². The minimum Gasteiger partial charge on any atom is -0.481 e. The van der Waals surface area contributed by atoms with E-state index in [2.05, 4.69) is 6.08 Å². The molecule has 1 atom stereocenters. The second-order valence-electron chi connectivity index (χ2n) is 6.61. The lowest BCUT2D eigenvalue weighted by Crippen LogP contribution is -2.33. The van der Waals surface area contributed by atoms with Gasteiger partial charge in [-0.2, -0.15) is 8.78 Å². The molecule has 0 radical (unpaired) electrons. The van der Waals surface area contributed by atoms with Gasteiger partial charge in [0.1, 0.15) is 5.60 Å². The summed E-state index contributed by atoms with van der Waals surface area (Å²) in [6.07, 6.45) is 7.44. The summed E-state index contributed by atoms with van der Waals surface area (Å²) in [5.74, 6) is -7.27. The van der Waals surface area contributed by atoms with Gasteiger partial charge >= 0.3 is 0 Å². The number of ether oxygens (including phenoxy) is 1. The largest absolute Gasteiger partial charge is 0.481 e. The SMILES string of the molecule is CC(C)c1c(F)c(F)c(OC2(C)CC/C=C\CCC2)c(F)c1F. The maximum atomic E-state index is 14.2. The molecule has 1 aromatic rings. The first-order chi connectivity index (χ1) is 10.8. The van der Waals surface area contributed by atoms with Crippen LogP contribution in [0.25, 0.3) is 0 Å². The lowest BCUT2D eigenvalue weighted by atomic mass is 9.91. The van der Waals surface area contributed by atoms with Gasteiger partial charge in [-0.15, -0.1) is 0 Å². The molecule has 0 saturated carbocycles. The van der Waals surface area contributed by atoms with Gasteiger partial charge in [0, 0.05) is 5.56 Å². The Morgan fingerprint density at radius 3 is 2.04 bits per heavy atom. The Morgan fingerprint density at radius 1 is 0.913 bits per heavy atom. The van der Waals surface area contributed by atoms with Gasteiger partial charge in [0.05, 0.1) is 0 Å². The molecule has 0 N–H and O–H groups in total. The number of hydrogen-bond acceptors (Lipinski definition) is 1. The Hall–Kier alpha value is -1.52. The molecule has 128 valence electrons. The summed E-state index contributed by atoms with van der Waals surface area (Å²) in [7, 11) is 0. The Morgan fingerprint density at radius 2 is 1.48 bits per heavy atom. The van der Waals surface area contributed by atoms with Gasteiger partial charge in [-0.05, 0) is 44.9 Å². The number of rotatable bonds is 3. The summed E-state index contributed by atoms with van der Waals surface area (Å²) < 4.78 is 62.2. The van der Waals surface area contributed by atoms with Crippen molar-refractivity contribution in [1.29, 1.82) is 0 Å². The summed E-state index contributed by atoms with van der Waals surface area (Å²) >= 11 is 0. The van der Waals surface area contributed by atoms with Gasteiger partial charge in [0.2, 0.25) is 11.6 Å². The summed E-state index contributed by atoms with van der Waals surface area (Å²) in [5, 5.41) is 0. The monoisotopic (exact) mass is 330 g/mol. The van der Waals surface area contributed by atoms with Gasteiger partial charge in [-0.25, -0.2) is 8.78 Å². The van der Waals surface area contributed by atoms with E-state index in [0.29, 0.717) is 19.3 Å². The zero-order chi connectivity index (χ0) is 17.2. The fraction of sp³-hybridized carbons (Fsp3) is 0.556. The molecule has 0 amide bonds. The van der Waals surface area contributed by atoms with Crippen molar-refractivity contribution in [3.05, 3.63) is 41.0 Å².